The van der Waals surface area contributed by atoms with E-state index >= 15 is 0 Å². The van der Waals surface area contributed by atoms with Crippen molar-refractivity contribution in [3.05, 3.63) is 36.2 Å². The van der Waals surface area contributed by atoms with E-state index in [2.05, 4.69) is 6.92 Å². The number of rotatable bonds is 1. The van der Waals surface area contributed by atoms with Crippen LogP contribution < -0.4 is 4.90 Å². The van der Waals surface area contributed by atoms with Crippen LogP contribution in [0.1, 0.15) is 31.9 Å². The zero-order valence-corrected chi connectivity index (χ0v) is 11.2. The molecule has 17 heavy (non-hydrogen) atoms. The third-order valence-electron chi connectivity index (χ3n) is 2.41. The minimum Gasteiger partial charge on any atom is -0.443 e. The fourth-order valence-corrected chi connectivity index (χ4v) is 1.43. The van der Waals surface area contributed by atoms with Crippen LogP contribution in [0.2, 0.25) is 0 Å². The van der Waals surface area contributed by atoms with Gasteiger partial charge in [0.1, 0.15) is 5.60 Å². The highest BCUT2D eigenvalue weighted by Gasteiger charge is 2.21. The summed E-state index contributed by atoms with van der Waals surface area (Å²) in [6.45, 7) is 11.5. The Hall–Kier alpha value is -1.51. The molecular formula is C14H20NO2. The number of carbonyl (C=O) groups excluding carboxylic acids is 1. The molecule has 3 nitrogen and oxygen atoms in total. The predicted molar refractivity (Wildman–Crippen MR) is 70.3 cm³/mol. The molecule has 1 radical (unpaired) electrons. The second kappa shape index (κ2) is 4.78. The smallest absolute Gasteiger partial charge is 0.414 e. The van der Waals surface area contributed by atoms with Crippen LogP contribution in [0, 0.1) is 13.8 Å². The van der Waals surface area contributed by atoms with Gasteiger partial charge in [0, 0.05) is 7.05 Å². The summed E-state index contributed by atoms with van der Waals surface area (Å²) in [7, 11) is 1.69. The van der Waals surface area contributed by atoms with Gasteiger partial charge in [-0.3, -0.25) is 4.90 Å². The van der Waals surface area contributed by atoms with Crippen molar-refractivity contribution in [2.75, 3.05) is 11.9 Å². The van der Waals surface area contributed by atoms with Crippen molar-refractivity contribution >= 4 is 11.8 Å². The maximum Gasteiger partial charge on any atom is 0.414 e. The van der Waals surface area contributed by atoms with Gasteiger partial charge in [-0.15, -0.1) is 0 Å². The van der Waals surface area contributed by atoms with Gasteiger partial charge in [0.05, 0.1) is 5.69 Å². The molecule has 0 aliphatic rings. The van der Waals surface area contributed by atoms with Crippen LogP contribution in [0.15, 0.2) is 18.2 Å². The summed E-state index contributed by atoms with van der Waals surface area (Å²) in [6.07, 6.45) is -0.368. The van der Waals surface area contributed by atoms with Gasteiger partial charge in [0.15, 0.2) is 0 Å². The number of ether oxygens (including phenoxy) is 1. The summed E-state index contributed by atoms with van der Waals surface area (Å²) < 4.78 is 5.31. The Morgan fingerprint density at radius 1 is 1.35 bits per heavy atom. The maximum atomic E-state index is 11.9. The first kappa shape index (κ1) is 13.6. The van der Waals surface area contributed by atoms with Crippen LogP contribution in [-0.2, 0) is 4.74 Å². The number of benzene rings is 1. The molecule has 1 aromatic rings. The summed E-state index contributed by atoms with van der Waals surface area (Å²) in [5.74, 6) is 0. The largest absolute Gasteiger partial charge is 0.443 e. The molecule has 0 spiro atoms. The van der Waals surface area contributed by atoms with Crippen molar-refractivity contribution in [1.82, 2.24) is 0 Å². The van der Waals surface area contributed by atoms with Gasteiger partial charge >= 0.3 is 6.09 Å². The van der Waals surface area contributed by atoms with E-state index in [1.165, 1.54) is 4.90 Å². The Bertz CT molecular complexity index is 419. The molecule has 0 aliphatic heterocycles. The van der Waals surface area contributed by atoms with Crippen molar-refractivity contribution < 1.29 is 9.53 Å². The van der Waals surface area contributed by atoms with Crippen molar-refractivity contribution in [1.29, 1.82) is 0 Å². The van der Waals surface area contributed by atoms with E-state index in [-0.39, 0.29) is 6.09 Å². The highest BCUT2D eigenvalue weighted by Crippen LogP contribution is 2.23. The van der Waals surface area contributed by atoms with E-state index in [4.69, 9.17) is 4.74 Å². The lowest BCUT2D eigenvalue weighted by Crippen LogP contribution is -2.34. The van der Waals surface area contributed by atoms with Crippen molar-refractivity contribution in [3.63, 3.8) is 0 Å². The fourth-order valence-electron chi connectivity index (χ4n) is 1.43. The Morgan fingerprint density at radius 3 is 2.47 bits per heavy atom. The summed E-state index contributed by atoms with van der Waals surface area (Å²) in [5.41, 5.74) is 2.19. The highest BCUT2D eigenvalue weighted by molar-refractivity contribution is 5.88. The normalized spacial score (nSPS) is 11.2. The van der Waals surface area contributed by atoms with E-state index in [0.717, 1.165) is 16.8 Å². The third kappa shape index (κ3) is 3.48. The molecule has 0 heterocycles. The number of carbonyl (C=O) groups is 1. The number of nitrogens with zero attached hydrogens (tertiary/aromatic N) is 1. The maximum absolute atomic E-state index is 11.9. The standard InChI is InChI=1S/C14H20NO2/c1-10-8-7-9-12(11(10)2)15(6)13(16)17-14(3,4)5/h7-9H,2H2,1,3-6H3. The average Bonchev–Trinajstić information content (AvgIpc) is 2.18. The molecule has 0 atom stereocenters. The summed E-state index contributed by atoms with van der Waals surface area (Å²) in [5, 5.41) is 0. The lowest BCUT2D eigenvalue weighted by atomic mass is 10.1. The SMILES string of the molecule is [CH2]c1c(C)cccc1N(C)C(=O)OC(C)(C)C. The van der Waals surface area contributed by atoms with E-state index in [9.17, 15) is 4.79 Å². The molecule has 0 bridgehead atoms. The molecule has 3 heteroatoms. The molecule has 93 valence electrons. The second-order valence-corrected chi connectivity index (χ2v) is 5.11. The molecule has 0 fully saturated rings. The average molecular weight is 234 g/mol. The Morgan fingerprint density at radius 2 is 1.94 bits per heavy atom. The second-order valence-electron chi connectivity index (χ2n) is 5.11. The van der Waals surface area contributed by atoms with Gasteiger partial charge < -0.3 is 4.74 Å². The molecule has 0 N–H and O–H groups in total. The Balaban J connectivity index is 2.93. The van der Waals surface area contributed by atoms with Gasteiger partial charge in [0.2, 0.25) is 0 Å². The van der Waals surface area contributed by atoms with Gasteiger partial charge in [-0.1, -0.05) is 12.1 Å². The minimum absolute atomic E-state index is 0.368. The first-order chi connectivity index (χ1) is 7.72. The van der Waals surface area contributed by atoms with Crippen molar-refractivity contribution in [3.8, 4) is 0 Å². The van der Waals surface area contributed by atoms with E-state index < -0.39 is 5.60 Å². The van der Waals surface area contributed by atoms with Crippen LogP contribution in [0.3, 0.4) is 0 Å². The van der Waals surface area contributed by atoms with Crippen molar-refractivity contribution in [2.45, 2.75) is 33.3 Å². The number of aryl methyl sites for hydroxylation is 1. The van der Waals surface area contributed by atoms with Crippen LogP contribution in [0.25, 0.3) is 0 Å². The summed E-state index contributed by atoms with van der Waals surface area (Å²) in [6, 6.07) is 5.73. The first-order valence-corrected chi connectivity index (χ1v) is 5.60. The molecule has 1 rings (SSSR count). The van der Waals surface area contributed by atoms with Crippen LogP contribution in [0.5, 0.6) is 0 Å². The Kier molecular flexibility index (Phi) is 3.81. The van der Waals surface area contributed by atoms with E-state index in [1.807, 2.05) is 45.9 Å². The zero-order chi connectivity index (χ0) is 13.2. The van der Waals surface area contributed by atoms with E-state index in [1.54, 1.807) is 7.05 Å². The molecule has 0 saturated carbocycles. The molecule has 1 aromatic carbocycles. The zero-order valence-electron chi connectivity index (χ0n) is 11.2. The number of amides is 1. The first-order valence-electron chi connectivity index (χ1n) is 5.60. The van der Waals surface area contributed by atoms with Crippen molar-refractivity contribution in [2.24, 2.45) is 0 Å². The molecular weight excluding hydrogens is 214 g/mol. The lowest BCUT2D eigenvalue weighted by molar-refractivity contribution is 0.0589. The summed E-state index contributed by atoms with van der Waals surface area (Å²) in [4.78, 5) is 13.4. The van der Waals surface area contributed by atoms with Gasteiger partial charge in [-0.25, -0.2) is 4.79 Å². The van der Waals surface area contributed by atoms with Crippen LogP contribution >= 0.6 is 0 Å². The highest BCUT2D eigenvalue weighted by atomic mass is 16.6. The quantitative estimate of drug-likeness (QED) is 0.743. The van der Waals surface area contributed by atoms with Gasteiger partial charge in [-0.2, -0.15) is 0 Å². The molecule has 1 amide bonds. The van der Waals surface area contributed by atoms with E-state index in [0.29, 0.717) is 0 Å². The van der Waals surface area contributed by atoms with Gasteiger partial charge in [0.25, 0.3) is 0 Å². The fraction of sp³-hybridized carbons (Fsp3) is 0.429. The lowest BCUT2D eigenvalue weighted by Gasteiger charge is -2.25. The molecule has 0 unspecified atom stereocenters. The van der Waals surface area contributed by atoms with Gasteiger partial charge in [-0.05, 0) is 51.8 Å². The summed E-state index contributed by atoms with van der Waals surface area (Å²) >= 11 is 0. The minimum atomic E-state index is -0.490. The number of hydrogen-bond acceptors (Lipinski definition) is 2. The Labute approximate surface area is 103 Å². The number of hydrogen-bond donors (Lipinski definition) is 0. The topological polar surface area (TPSA) is 29.5 Å². The number of anilines is 1. The van der Waals surface area contributed by atoms with Crippen LogP contribution in [-0.4, -0.2) is 18.7 Å². The molecule has 0 saturated heterocycles. The third-order valence-corrected chi connectivity index (χ3v) is 2.41. The monoisotopic (exact) mass is 234 g/mol. The molecule has 0 aliphatic carbocycles. The molecule has 0 aromatic heterocycles. The predicted octanol–water partition coefficient (Wildman–Crippen LogP) is 3.55. The van der Waals surface area contributed by atoms with Crippen LogP contribution in [0.4, 0.5) is 10.5 Å².